The maximum atomic E-state index is 12.3. The number of phenolic OH excluding ortho intramolecular Hbond substituents is 1. The normalized spacial score (nSPS) is 10.6. The molecular weight excluding hydrogens is 422 g/mol. The van der Waals surface area contributed by atoms with Crippen molar-refractivity contribution in [2.45, 2.75) is 0 Å². The van der Waals surface area contributed by atoms with E-state index in [1.165, 1.54) is 30.3 Å². The van der Waals surface area contributed by atoms with Crippen LogP contribution in [0.1, 0.15) is 5.56 Å². The molecule has 0 spiro atoms. The largest absolute Gasteiger partial charge is 0.508 e. The van der Waals surface area contributed by atoms with Crippen molar-refractivity contribution < 1.29 is 24.2 Å². The SMILES string of the molecule is COc1ccc(NC(=O)COc2ccc(C=C(C#N)C(=O)Nc3ccc(O)cc3)cc2)cc1. The molecule has 0 heterocycles. The summed E-state index contributed by atoms with van der Waals surface area (Å²) in [6, 6.07) is 21.3. The van der Waals surface area contributed by atoms with Crippen LogP contribution in [0.2, 0.25) is 0 Å². The van der Waals surface area contributed by atoms with E-state index >= 15 is 0 Å². The molecule has 0 aromatic heterocycles. The maximum Gasteiger partial charge on any atom is 0.266 e. The van der Waals surface area contributed by atoms with Crippen molar-refractivity contribution in [2.75, 3.05) is 24.4 Å². The van der Waals surface area contributed by atoms with Crippen molar-refractivity contribution in [3.8, 4) is 23.3 Å². The first kappa shape index (κ1) is 22.9. The van der Waals surface area contributed by atoms with E-state index in [-0.39, 0.29) is 23.8 Å². The molecule has 0 saturated heterocycles. The summed E-state index contributed by atoms with van der Waals surface area (Å²) in [7, 11) is 1.57. The average molecular weight is 443 g/mol. The second-order valence-electron chi connectivity index (χ2n) is 6.81. The molecule has 8 nitrogen and oxygen atoms in total. The van der Waals surface area contributed by atoms with Crippen LogP contribution >= 0.6 is 0 Å². The van der Waals surface area contributed by atoms with Crippen LogP contribution in [0.25, 0.3) is 6.08 Å². The van der Waals surface area contributed by atoms with Crippen LogP contribution in [-0.2, 0) is 9.59 Å². The minimum atomic E-state index is -0.571. The fourth-order valence-electron chi connectivity index (χ4n) is 2.74. The Morgan fingerprint density at radius 3 is 2.09 bits per heavy atom. The van der Waals surface area contributed by atoms with Gasteiger partial charge in [-0.3, -0.25) is 9.59 Å². The molecule has 3 rings (SSSR count). The number of nitrogens with one attached hydrogen (secondary N) is 2. The van der Waals surface area contributed by atoms with Gasteiger partial charge in [-0.25, -0.2) is 0 Å². The molecule has 0 bridgehead atoms. The number of methoxy groups -OCH3 is 1. The van der Waals surface area contributed by atoms with E-state index < -0.39 is 5.91 Å². The van der Waals surface area contributed by atoms with Gasteiger partial charge in [0.2, 0.25) is 0 Å². The number of aromatic hydroxyl groups is 1. The number of phenols is 1. The van der Waals surface area contributed by atoms with E-state index in [0.29, 0.717) is 28.4 Å². The van der Waals surface area contributed by atoms with Gasteiger partial charge in [0.05, 0.1) is 7.11 Å². The lowest BCUT2D eigenvalue weighted by atomic mass is 10.1. The number of rotatable bonds is 8. The number of nitrogens with zero attached hydrogens (tertiary/aromatic N) is 1. The smallest absolute Gasteiger partial charge is 0.266 e. The monoisotopic (exact) mass is 443 g/mol. The molecule has 0 radical (unpaired) electrons. The van der Waals surface area contributed by atoms with Crippen LogP contribution in [0.5, 0.6) is 17.2 Å². The number of hydrogen-bond acceptors (Lipinski definition) is 6. The Morgan fingerprint density at radius 1 is 0.909 bits per heavy atom. The molecule has 0 unspecified atom stereocenters. The molecule has 3 aromatic rings. The quantitative estimate of drug-likeness (QED) is 0.275. The second-order valence-corrected chi connectivity index (χ2v) is 6.81. The molecular formula is C25H21N3O5. The van der Waals surface area contributed by atoms with E-state index in [9.17, 15) is 20.0 Å². The lowest BCUT2D eigenvalue weighted by Crippen LogP contribution is -2.20. The van der Waals surface area contributed by atoms with Gasteiger partial charge >= 0.3 is 0 Å². The van der Waals surface area contributed by atoms with Crippen LogP contribution in [0.4, 0.5) is 11.4 Å². The minimum Gasteiger partial charge on any atom is -0.508 e. The Morgan fingerprint density at radius 2 is 1.48 bits per heavy atom. The van der Waals surface area contributed by atoms with Crippen molar-refractivity contribution in [1.82, 2.24) is 0 Å². The van der Waals surface area contributed by atoms with Crippen LogP contribution in [0.15, 0.2) is 78.4 Å². The Hall–Kier alpha value is -4.77. The van der Waals surface area contributed by atoms with Gasteiger partial charge in [-0.05, 0) is 72.3 Å². The van der Waals surface area contributed by atoms with Crippen molar-refractivity contribution in [2.24, 2.45) is 0 Å². The second kappa shape index (κ2) is 11.0. The highest BCUT2D eigenvalue weighted by Crippen LogP contribution is 2.18. The number of anilines is 2. The zero-order valence-corrected chi connectivity index (χ0v) is 17.7. The molecule has 0 aliphatic heterocycles. The summed E-state index contributed by atoms with van der Waals surface area (Å²) >= 11 is 0. The number of nitriles is 1. The summed E-state index contributed by atoms with van der Waals surface area (Å²) in [6.45, 7) is -0.181. The zero-order valence-electron chi connectivity index (χ0n) is 17.7. The fraction of sp³-hybridized carbons (Fsp3) is 0.0800. The van der Waals surface area contributed by atoms with Crippen molar-refractivity contribution in [1.29, 1.82) is 5.26 Å². The Kier molecular flexibility index (Phi) is 7.65. The standard InChI is InChI=1S/C25H21N3O5/c1-32-22-12-6-19(7-13-22)27-24(30)16-33-23-10-2-17(3-11-23)14-18(15-26)25(31)28-20-4-8-21(29)9-5-20/h2-14,29H,16H2,1H3,(H,27,30)(H,28,31). The van der Waals surface area contributed by atoms with E-state index in [1.54, 1.807) is 55.6 Å². The van der Waals surface area contributed by atoms with Gasteiger partial charge in [0, 0.05) is 11.4 Å². The third-order valence-corrected chi connectivity index (χ3v) is 4.43. The highest BCUT2D eigenvalue weighted by molar-refractivity contribution is 6.09. The first-order chi connectivity index (χ1) is 16.0. The molecule has 3 aromatic carbocycles. The first-order valence-corrected chi connectivity index (χ1v) is 9.86. The maximum absolute atomic E-state index is 12.3. The van der Waals surface area contributed by atoms with Gasteiger partial charge in [0.25, 0.3) is 11.8 Å². The summed E-state index contributed by atoms with van der Waals surface area (Å²) in [6.07, 6.45) is 1.44. The van der Waals surface area contributed by atoms with Crippen LogP contribution in [0.3, 0.4) is 0 Å². The number of carbonyl (C=O) groups excluding carboxylic acids is 2. The molecule has 8 heteroatoms. The van der Waals surface area contributed by atoms with E-state index in [4.69, 9.17) is 9.47 Å². The summed E-state index contributed by atoms with van der Waals surface area (Å²) in [5, 5.41) is 24.0. The highest BCUT2D eigenvalue weighted by Gasteiger charge is 2.10. The van der Waals surface area contributed by atoms with Crippen LogP contribution in [0, 0.1) is 11.3 Å². The Labute approximate surface area is 190 Å². The van der Waals surface area contributed by atoms with Crippen molar-refractivity contribution in [3.63, 3.8) is 0 Å². The number of carbonyl (C=O) groups is 2. The van der Waals surface area contributed by atoms with Gasteiger partial charge < -0.3 is 25.2 Å². The molecule has 0 saturated carbocycles. The molecule has 0 fully saturated rings. The van der Waals surface area contributed by atoms with Gasteiger partial charge in [0.15, 0.2) is 6.61 Å². The third kappa shape index (κ3) is 6.87. The number of ether oxygens (including phenoxy) is 2. The molecule has 2 amide bonds. The lowest BCUT2D eigenvalue weighted by Gasteiger charge is -2.08. The number of benzene rings is 3. The lowest BCUT2D eigenvalue weighted by molar-refractivity contribution is -0.118. The van der Waals surface area contributed by atoms with Gasteiger partial charge in [-0.2, -0.15) is 5.26 Å². The first-order valence-electron chi connectivity index (χ1n) is 9.86. The predicted octanol–water partition coefficient (Wildman–Crippen LogP) is 3.96. The topological polar surface area (TPSA) is 121 Å². The molecule has 0 atom stereocenters. The van der Waals surface area contributed by atoms with Gasteiger partial charge in [-0.15, -0.1) is 0 Å². The summed E-state index contributed by atoms with van der Waals surface area (Å²) in [5.74, 6) is 0.338. The zero-order chi connectivity index (χ0) is 23.6. The van der Waals surface area contributed by atoms with E-state index in [1.807, 2.05) is 6.07 Å². The Bertz CT molecular complexity index is 1180. The molecule has 33 heavy (non-hydrogen) atoms. The average Bonchev–Trinajstić information content (AvgIpc) is 2.83. The highest BCUT2D eigenvalue weighted by atomic mass is 16.5. The predicted molar refractivity (Wildman–Crippen MR) is 124 cm³/mol. The van der Waals surface area contributed by atoms with E-state index in [2.05, 4.69) is 10.6 Å². The molecule has 0 aliphatic rings. The number of hydrogen-bond donors (Lipinski definition) is 3. The van der Waals surface area contributed by atoms with Crippen molar-refractivity contribution in [3.05, 3.63) is 83.9 Å². The molecule has 0 aliphatic carbocycles. The minimum absolute atomic E-state index is 0.0737. The summed E-state index contributed by atoms with van der Waals surface area (Å²) in [5.41, 5.74) is 1.60. The molecule has 3 N–H and O–H groups in total. The van der Waals surface area contributed by atoms with Gasteiger partial charge in [-0.1, -0.05) is 12.1 Å². The van der Waals surface area contributed by atoms with Crippen LogP contribution < -0.4 is 20.1 Å². The van der Waals surface area contributed by atoms with Crippen molar-refractivity contribution >= 4 is 29.3 Å². The van der Waals surface area contributed by atoms with Gasteiger partial charge in [0.1, 0.15) is 28.9 Å². The van der Waals surface area contributed by atoms with Crippen LogP contribution in [-0.4, -0.2) is 30.6 Å². The third-order valence-electron chi connectivity index (χ3n) is 4.43. The Balaban J connectivity index is 1.55. The summed E-state index contributed by atoms with van der Waals surface area (Å²) < 4.78 is 10.6. The number of amides is 2. The summed E-state index contributed by atoms with van der Waals surface area (Å²) in [4.78, 5) is 24.4. The fourth-order valence-corrected chi connectivity index (χ4v) is 2.74. The van der Waals surface area contributed by atoms with E-state index in [0.717, 1.165) is 0 Å². The molecule has 166 valence electrons.